The van der Waals surface area contributed by atoms with E-state index in [1.165, 1.54) is 19.3 Å². The molecule has 2 atom stereocenters. The van der Waals surface area contributed by atoms with Crippen molar-refractivity contribution in [2.45, 2.75) is 38.2 Å². The van der Waals surface area contributed by atoms with E-state index in [1.807, 2.05) is 0 Å². The Balaban J connectivity index is 1.51. The highest BCUT2D eigenvalue weighted by atomic mass is 16.5. The van der Waals surface area contributed by atoms with Crippen molar-refractivity contribution in [2.75, 3.05) is 20.2 Å². The number of methoxy groups -OCH3 is 1. The zero-order chi connectivity index (χ0) is 11.1. The zero-order valence-electron chi connectivity index (χ0n) is 10.0. The molecule has 1 aliphatic heterocycles. The number of carbonyl (C=O) groups excluding carboxylic acids is 1. The maximum absolute atomic E-state index is 12.2. The molecular weight excluding hydrogens is 202 g/mol. The van der Waals surface area contributed by atoms with Crippen LogP contribution in [0.2, 0.25) is 0 Å². The number of hydrogen-bond acceptors (Lipinski definition) is 2. The molecule has 16 heavy (non-hydrogen) atoms. The minimum absolute atomic E-state index is 0.364. The molecule has 0 aromatic carbocycles. The second-order valence-corrected chi connectivity index (χ2v) is 5.68. The van der Waals surface area contributed by atoms with Crippen molar-refractivity contribution in [3.05, 3.63) is 0 Å². The van der Waals surface area contributed by atoms with E-state index in [4.69, 9.17) is 4.74 Å². The van der Waals surface area contributed by atoms with E-state index in [9.17, 15) is 4.79 Å². The smallest absolute Gasteiger partial charge is 0.225 e. The van der Waals surface area contributed by atoms with Crippen LogP contribution in [0.1, 0.15) is 32.1 Å². The molecule has 3 rings (SSSR count). The Kier molecular flexibility index (Phi) is 2.66. The predicted octanol–water partition coefficient (Wildman–Crippen LogP) is 1.67. The molecule has 1 amide bonds. The van der Waals surface area contributed by atoms with Gasteiger partial charge in [-0.15, -0.1) is 0 Å². The van der Waals surface area contributed by atoms with E-state index in [-0.39, 0.29) is 0 Å². The molecule has 90 valence electrons. The maximum Gasteiger partial charge on any atom is 0.225 e. The normalized spacial score (nSPS) is 38.6. The van der Waals surface area contributed by atoms with Crippen LogP contribution in [-0.2, 0) is 9.53 Å². The maximum atomic E-state index is 12.2. The van der Waals surface area contributed by atoms with Crippen LogP contribution < -0.4 is 0 Å². The van der Waals surface area contributed by atoms with Crippen molar-refractivity contribution in [3.63, 3.8) is 0 Å². The highest BCUT2D eigenvalue weighted by molar-refractivity contribution is 5.79. The van der Waals surface area contributed by atoms with Gasteiger partial charge in [0.2, 0.25) is 5.91 Å². The van der Waals surface area contributed by atoms with Crippen molar-refractivity contribution < 1.29 is 9.53 Å². The lowest BCUT2D eigenvalue weighted by molar-refractivity contribution is -0.138. The molecule has 2 saturated carbocycles. The van der Waals surface area contributed by atoms with Gasteiger partial charge in [-0.05, 0) is 43.9 Å². The number of nitrogens with zero attached hydrogens (tertiary/aromatic N) is 1. The van der Waals surface area contributed by atoms with Gasteiger partial charge in [0.25, 0.3) is 0 Å². The first kappa shape index (κ1) is 10.6. The summed E-state index contributed by atoms with van der Waals surface area (Å²) in [6.45, 7) is 1.81. The van der Waals surface area contributed by atoms with Gasteiger partial charge in [-0.2, -0.15) is 0 Å². The fourth-order valence-electron chi connectivity index (χ4n) is 3.49. The van der Waals surface area contributed by atoms with Crippen molar-refractivity contribution in [1.82, 2.24) is 4.90 Å². The summed E-state index contributed by atoms with van der Waals surface area (Å²) in [7, 11) is 1.77. The lowest BCUT2D eigenvalue weighted by atomic mass is 9.99. The molecule has 0 aromatic heterocycles. The summed E-state index contributed by atoms with van der Waals surface area (Å²) in [5, 5.41) is 0. The molecule has 0 bridgehead atoms. The van der Waals surface area contributed by atoms with Gasteiger partial charge in [0.05, 0.1) is 6.10 Å². The summed E-state index contributed by atoms with van der Waals surface area (Å²) in [5.74, 6) is 2.61. The van der Waals surface area contributed by atoms with Crippen LogP contribution in [0.4, 0.5) is 0 Å². The van der Waals surface area contributed by atoms with Crippen LogP contribution in [0.25, 0.3) is 0 Å². The van der Waals surface area contributed by atoms with Crippen LogP contribution in [0.5, 0.6) is 0 Å². The average molecular weight is 223 g/mol. The monoisotopic (exact) mass is 223 g/mol. The second-order valence-electron chi connectivity index (χ2n) is 5.68. The third kappa shape index (κ3) is 1.86. The van der Waals surface area contributed by atoms with Crippen molar-refractivity contribution in [2.24, 2.45) is 17.8 Å². The van der Waals surface area contributed by atoms with Gasteiger partial charge in [0, 0.05) is 26.1 Å². The predicted molar refractivity (Wildman–Crippen MR) is 60.9 cm³/mol. The molecule has 0 N–H and O–H groups in total. The van der Waals surface area contributed by atoms with E-state index >= 15 is 0 Å². The number of piperidine rings is 1. The van der Waals surface area contributed by atoms with Crippen molar-refractivity contribution in [3.8, 4) is 0 Å². The Labute approximate surface area is 97.1 Å². The molecule has 3 aliphatic rings. The summed E-state index contributed by atoms with van der Waals surface area (Å²) in [4.78, 5) is 14.3. The van der Waals surface area contributed by atoms with Crippen molar-refractivity contribution in [1.29, 1.82) is 0 Å². The first-order chi connectivity index (χ1) is 7.78. The molecule has 3 nitrogen and oxygen atoms in total. The zero-order valence-corrected chi connectivity index (χ0v) is 10.0. The first-order valence-electron chi connectivity index (χ1n) is 6.59. The average Bonchev–Trinajstić information content (AvgIpc) is 2.95. The third-order valence-electron chi connectivity index (χ3n) is 4.68. The Hall–Kier alpha value is -0.570. The van der Waals surface area contributed by atoms with Gasteiger partial charge in [-0.3, -0.25) is 4.79 Å². The minimum Gasteiger partial charge on any atom is -0.381 e. The number of hydrogen-bond donors (Lipinski definition) is 0. The SMILES string of the molecule is COC1CCN(C(=O)C2CC3CC3C2)CC1. The summed E-state index contributed by atoms with van der Waals surface area (Å²) in [5.41, 5.74) is 0. The molecule has 3 heteroatoms. The van der Waals surface area contributed by atoms with E-state index < -0.39 is 0 Å². The van der Waals surface area contributed by atoms with E-state index in [0.29, 0.717) is 17.9 Å². The lowest BCUT2D eigenvalue weighted by Gasteiger charge is -2.33. The van der Waals surface area contributed by atoms with Gasteiger partial charge in [-0.1, -0.05) is 0 Å². The summed E-state index contributed by atoms with van der Waals surface area (Å²) < 4.78 is 5.33. The fourth-order valence-corrected chi connectivity index (χ4v) is 3.49. The van der Waals surface area contributed by atoms with Crippen LogP contribution in [0.3, 0.4) is 0 Å². The Morgan fingerprint density at radius 1 is 1.12 bits per heavy atom. The van der Waals surface area contributed by atoms with Gasteiger partial charge >= 0.3 is 0 Å². The highest BCUT2D eigenvalue weighted by Gasteiger charge is 2.48. The fraction of sp³-hybridized carbons (Fsp3) is 0.923. The Bertz CT molecular complexity index is 274. The molecule has 0 radical (unpaired) electrons. The summed E-state index contributed by atoms with van der Waals surface area (Å²) >= 11 is 0. The Morgan fingerprint density at radius 3 is 2.31 bits per heavy atom. The standard InChI is InChI=1S/C13H21NO2/c1-16-12-2-4-14(5-3-12)13(15)11-7-9-6-10(9)8-11/h9-12H,2-8H2,1H3. The quantitative estimate of drug-likeness (QED) is 0.712. The molecule has 2 aliphatic carbocycles. The van der Waals surface area contributed by atoms with Gasteiger partial charge in [0.1, 0.15) is 0 Å². The number of fused-ring (bicyclic) bond motifs is 1. The van der Waals surface area contributed by atoms with E-state index in [2.05, 4.69) is 4.90 Å². The third-order valence-corrected chi connectivity index (χ3v) is 4.68. The summed E-state index contributed by atoms with van der Waals surface area (Å²) in [6.07, 6.45) is 6.15. The molecule has 2 unspecified atom stereocenters. The molecular formula is C13H21NO2. The largest absolute Gasteiger partial charge is 0.381 e. The summed E-state index contributed by atoms with van der Waals surface area (Å²) in [6, 6.07) is 0. The van der Waals surface area contributed by atoms with E-state index in [1.54, 1.807) is 7.11 Å². The lowest BCUT2D eigenvalue weighted by Crippen LogP contribution is -2.43. The van der Waals surface area contributed by atoms with Crippen LogP contribution >= 0.6 is 0 Å². The minimum atomic E-state index is 0.364. The van der Waals surface area contributed by atoms with E-state index in [0.717, 1.165) is 37.8 Å². The molecule has 0 aromatic rings. The number of amides is 1. The second kappa shape index (κ2) is 4.02. The van der Waals surface area contributed by atoms with Crippen LogP contribution in [-0.4, -0.2) is 37.1 Å². The highest BCUT2D eigenvalue weighted by Crippen LogP contribution is 2.54. The number of ether oxygens (including phenoxy) is 1. The number of likely N-dealkylation sites (tertiary alicyclic amines) is 1. The number of carbonyl (C=O) groups is 1. The molecule has 1 saturated heterocycles. The Morgan fingerprint density at radius 2 is 1.75 bits per heavy atom. The van der Waals surface area contributed by atoms with Crippen LogP contribution in [0.15, 0.2) is 0 Å². The van der Waals surface area contributed by atoms with Crippen LogP contribution in [0, 0.1) is 17.8 Å². The van der Waals surface area contributed by atoms with Crippen molar-refractivity contribution >= 4 is 5.91 Å². The molecule has 3 fully saturated rings. The van der Waals surface area contributed by atoms with Gasteiger partial charge < -0.3 is 9.64 Å². The van der Waals surface area contributed by atoms with Gasteiger partial charge in [0.15, 0.2) is 0 Å². The number of rotatable bonds is 2. The first-order valence-corrected chi connectivity index (χ1v) is 6.59. The van der Waals surface area contributed by atoms with Gasteiger partial charge in [-0.25, -0.2) is 0 Å². The topological polar surface area (TPSA) is 29.5 Å². The molecule has 1 heterocycles. The molecule has 0 spiro atoms.